The smallest absolute Gasteiger partial charge is 0.438 e. The molecule has 0 radical (unpaired) electrons. The number of methoxy groups -OCH3 is 2. The van der Waals surface area contributed by atoms with Crippen molar-refractivity contribution < 1.29 is 32.5 Å². The summed E-state index contributed by atoms with van der Waals surface area (Å²) in [5, 5.41) is 10.0. The first-order chi connectivity index (χ1) is 10.6. The predicted octanol–water partition coefficient (Wildman–Crippen LogP) is 1.82. The molecule has 1 atom stereocenters. The third kappa shape index (κ3) is 2.79. The Kier molecular flexibility index (Phi) is 4.16. The molecule has 1 aliphatic heterocycles. The molecule has 23 heavy (non-hydrogen) atoms. The second-order valence-electron chi connectivity index (χ2n) is 4.92. The third-order valence-corrected chi connectivity index (χ3v) is 3.39. The molecule has 0 aliphatic carbocycles. The summed E-state index contributed by atoms with van der Waals surface area (Å²) in [6.45, 7) is 3.34. The van der Waals surface area contributed by atoms with Gasteiger partial charge in [0.15, 0.2) is 11.5 Å². The van der Waals surface area contributed by atoms with E-state index in [2.05, 4.69) is 12.0 Å². The SMILES string of the molecule is C=C1CC(O)(C(F)(F)F)N(C(=O)c2ccc(OC)c(OC)c2)N1. The number of aliphatic hydroxyl groups is 1. The van der Waals surface area contributed by atoms with Crippen LogP contribution < -0.4 is 14.9 Å². The van der Waals surface area contributed by atoms with Crippen molar-refractivity contribution in [3.8, 4) is 11.5 Å². The number of ether oxygens (including phenoxy) is 2. The van der Waals surface area contributed by atoms with Gasteiger partial charge in [-0.25, -0.2) is 5.01 Å². The van der Waals surface area contributed by atoms with Crippen LogP contribution in [0.3, 0.4) is 0 Å². The molecule has 0 aromatic heterocycles. The van der Waals surface area contributed by atoms with Gasteiger partial charge >= 0.3 is 6.18 Å². The Morgan fingerprint density at radius 1 is 1.35 bits per heavy atom. The zero-order valence-corrected chi connectivity index (χ0v) is 12.4. The molecule has 6 nitrogen and oxygen atoms in total. The van der Waals surface area contributed by atoms with E-state index in [1.54, 1.807) is 0 Å². The Balaban J connectivity index is 2.41. The van der Waals surface area contributed by atoms with Gasteiger partial charge in [0, 0.05) is 17.7 Å². The summed E-state index contributed by atoms with van der Waals surface area (Å²) < 4.78 is 49.4. The number of nitrogens with zero attached hydrogens (tertiary/aromatic N) is 1. The van der Waals surface area contributed by atoms with Crippen molar-refractivity contribution in [3.05, 3.63) is 36.0 Å². The van der Waals surface area contributed by atoms with Gasteiger partial charge in [0.05, 0.1) is 14.2 Å². The molecule has 1 aromatic carbocycles. The molecule has 2 N–H and O–H groups in total. The lowest BCUT2D eigenvalue weighted by molar-refractivity contribution is -0.299. The molecule has 0 bridgehead atoms. The molecule has 1 unspecified atom stereocenters. The summed E-state index contributed by atoms with van der Waals surface area (Å²) in [6.07, 6.45) is -5.90. The standard InChI is InChI=1S/C14H15F3N2O4/c1-8-7-13(21,14(15,16)17)19(18-8)12(20)9-4-5-10(22-2)11(6-9)23-3/h4-6,18,21H,1,7H2,2-3H3. The number of nitrogens with one attached hydrogen (secondary N) is 1. The van der Waals surface area contributed by atoms with E-state index < -0.39 is 24.2 Å². The minimum atomic E-state index is -5.05. The number of hydrogen-bond acceptors (Lipinski definition) is 5. The minimum absolute atomic E-state index is 0.118. The van der Waals surface area contributed by atoms with E-state index in [4.69, 9.17) is 9.47 Å². The summed E-state index contributed by atoms with van der Waals surface area (Å²) in [4.78, 5) is 12.4. The maximum atomic E-state index is 13.1. The number of alkyl halides is 3. The summed E-state index contributed by atoms with van der Waals surface area (Å²) in [5.74, 6) is -0.592. The van der Waals surface area contributed by atoms with Crippen molar-refractivity contribution in [1.82, 2.24) is 10.4 Å². The van der Waals surface area contributed by atoms with E-state index in [0.29, 0.717) is 5.75 Å². The highest BCUT2D eigenvalue weighted by Crippen LogP contribution is 2.41. The first-order valence-electron chi connectivity index (χ1n) is 6.44. The van der Waals surface area contributed by atoms with Crippen molar-refractivity contribution in [2.45, 2.75) is 18.3 Å². The van der Waals surface area contributed by atoms with Gasteiger partial charge < -0.3 is 14.6 Å². The molecule has 1 heterocycles. The molecule has 0 spiro atoms. The van der Waals surface area contributed by atoms with Gasteiger partial charge in [0.25, 0.3) is 11.6 Å². The predicted molar refractivity (Wildman–Crippen MR) is 73.6 cm³/mol. The van der Waals surface area contributed by atoms with Gasteiger partial charge in [0.2, 0.25) is 0 Å². The normalized spacial score (nSPS) is 21.1. The van der Waals surface area contributed by atoms with Crippen LogP contribution in [-0.4, -0.2) is 42.1 Å². The largest absolute Gasteiger partial charge is 0.493 e. The summed E-state index contributed by atoms with van der Waals surface area (Å²) in [7, 11) is 2.71. The molecule has 2 rings (SSSR count). The number of amides is 1. The van der Waals surface area contributed by atoms with Crippen LogP contribution in [-0.2, 0) is 0 Å². The van der Waals surface area contributed by atoms with Crippen molar-refractivity contribution in [3.63, 3.8) is 0 Å². The molecule has 1 aliphatic rings. The zero-order valence-electron chi connectivity index (χ0n) is 12.4. The van der Waals surface area contributed by atoms with Crippen LogP contribution in [0, 0.1) is 0 Å². The molecule has 9 heteroatoms. The van der Waals surface area contributed by atoms with Crippen LogP contribution in [0.2, 0.25) is 0 Å². The van der Waals surface area contributed by atoms with Crippen LogP contribution >= 0.6 is 0 Å². The fraction of sp³-hybridized carbons (Fsp3) is 0.357. The third-order valence-electron chi connectivity index (χ3n) is 3.39. The topological polar surface area (TPSA) is 71.0 Å². The first kappa shape index (κ1) is 16.9. The molecule has 126 valence electrons. The first-order valence-corrected chi connectivity index (χ1v) is 6.44. The van der Waals surface area contributed by atoms with Gasteiger partial charge in [-0.3, -0.25) is 10.2 Å². The lowest BCUT2D eigenvalue weighted by atomic mass is 10.1. The van der Waals surface area contributed by atoms with Crippen LogP contribution in [0.5, 0.6) is 11.5 Å². The highest BCUT2D eigenvalue weighted by atomic mass is 19.4. The molecule has 1 fully saturated rings. The lowest BCUT2D eigenvalue weighted by Crippen LogP contribution is -2.59. The van der Waals surface area contributed by atoms with Crippen LogP contribution in [0.15, 0.2) is 30.5 Å². The van der Waals surface area contributed by atoms with Gasteiger partial charge in [-0.1, -0.05) is 6.58 Å². The van der Waals surface area contributed by atoms with E-state index in [-0.39, 0.29) is 22.0 Å². The summed E-state index contributed by atoms with van der Waals surface area (Å²) in [6, 6.07) is 3.87. The highest BCUT2D eigenvalue weighted by Gasteiger charge is 2.63. The van der Waals surface area contributed by atoms with Gasteiger partial charge in [0.1, 0.15) is 0 Å². The number of benzene rings is 1. The van der Waals surface area contributed by atoms with E-state index in [9.17, 15) is 23.1 Å². The minimum Gasteiger partial charge on any atom is -0.493 e. The summed E-state index contributed by atoms with van der Waals surface area (Å²) in [5.41, 5.74) is -1.45. The number of hydrazine groups is 1. The lowest BCUT2D eigenvalue weighted by Gasteiger charge is -2.33. The van der Waals surface area contributed by atoms with E-state index in [1.807, 2.05) is 0 Å². The number of carbonyl (C=O) groups excluding carboxylic acids is 1. The average Bonchev–Trinajstić information content (AvgIpc) is 2.81. The Morgan fingerprint density at radius 2 is 1.96 bits per heavy atom. The second kappa shape index (κ2) is 5.65. The van der Waals surface area contributed by atoms with Crippen molar-refractivity contribution in [2.24, 2.45) is 0 Å². The average molecular weight is 332 g/mol. The number of rotatable bonds is 3. The van der Waals surface area contributed by atoms with E-state index in [0.717, 1.165) is 0 Å². The Bertz CT molecular complexity index is 647. The molecular formula is C14H15F3N2O4. The maximum Gasteiger partial charge on any atom is 0.438 e. The van der Waals surface area contributed by atoms with Gasteiger partial charge in [-0.15, -0.1) is 0 Å². The number of halogens is 3. The van der Waals surface area contributed by atoms with Gasteiger partial charge in [-0.2, -0.15) is 13.2 Å². The van der Waals surface area contributed by atoms with Crippen molar-refractivity contribution >= 4 is 5.91 Å². The monoisotopic (exact) mass is 332 g/mol. The molecule has 1 aromatic rings. The molecular weight excluding hydrogens is 317 g/mol. The Morgan fingerprint density at radius 3 is 2.48 bits per heavy atom. The fourth-order valence-corrected chi connectivity index (χ4v) is 2.21. The van der Waals surface area contributed by atoms with Crippen molar-refractivity contribution in [2.75, 3.05) is 14.2 Å². The maximum absolute atomic E-state index is 13.1. The van der Waals surface area contributed by atoms with E-state index in [1.165, 1.54) is 32.4 Å². The van der Waals surface area contributed by atoms with Crippen LogP contribution in [0.1, 0.15) is 16.8 Å². The highest BCUT2D eigenvalue weighted by molar-refractivity contribution is 5.95. The number of hydrogen-bond donors (Lipinski definition) is 2. The van der Waals surface area contributed by atoms with E-state index >= 15 is 0 Å². The second-order valence-corrected chi connectivity index (χ2v) is 4.92. The number of carbonyl (C=O) groups is 1. The Labute approximate surface area is 130 Å². The van der Waals surface area contributed by atoms with Gasteiger partial charge in [-0.05, 0) is 18.2 Å². The van der Waals surface area contributed by atoms with Crippen molar-refractivity contribution in [1.29, 1.82) is 0 Å². The fourth-order valence-electron chi connectivity index (χ4n) is 2.21. The quantitative estimate of drug-likeness (QED) is 0.883. The molecule has 1 saturated heterocycles. The molecule has 1 amide bonds. The van der Waals surface area contributed by atoms with Crippen LogP contribution in [0.4, 0.5) is 13.2 Å². The summed E-state index contributed by atoms with van der Waals surface area (Å²) >= 11 is 0. The van der Waals surface area contributed by atoms with Crippen LogP contribution in [0.25, 0.3) is 0 Å². The zero-order chi connectivity index (χ0) is 17.4. The Hall–Kier alpha value is -2.42. The molecule has 0 saturated carbocycles.